The molecule has 1 unspecified atom stereocenters. The summed E-state index contributed by atoms with van der Waals surface area (Å²) in [6.07, 6.45) is 0.257. The highest BCUT2D eigenvalue weighted by molar-refractivity contribution is 5.98. The molecule has 0 radical (unpaired) electrons. The largest absolute Gasteiger partial charge is 0.480 e. The van der Waals surface area contributed by atoms with Gasteiger partial charge in [0.15, 0.2) is 5.43 Å². The topological polar surface area (TPSA) is 96.6 Å². The minimum Gasteiger partial charge on any atom is -0.480 e. The van der Waals surface area contributed by atoms with E-state index >= 15 is 0 Å². The van der Waals surface area contributed by atoms with Gasteiger partial charge < -0.3 is 14.8 Å². The van der Waals surface area contributed by atoms with E-state index in [4.69, 9.17) is 4.42 Å². The maximum absolute atomic E-state index is 12.5. The molecule has 1 aromatic heterocycles. The Kier molecular flexibility index (Phi) is 5.29. The number of fused-ring (bicyclic) bond motifs is 1. The molecule has 2 aromatic carbocycles. The lowest BCUT2D eigenvalue weighted by molar-refractivity contribution is -0.143. The van der Waals surface area contributed by atoms with Crippen LogP contribution in [0.2, 0.25) is 0 Å². The molecule has 0 aliphatic carbocycles. The van der Waals surface area contributed by atoms with Crippen LogP contribution in [0.3, 0.4) is 0 Å². The maximum Gasteiger partial charge on any atom is 0.329 e. The molecule has 0 saturated carbocycles. The van der Waals surface area contributed by atoms with E-state index in [1.807, 2.05) is 19.9 Å². The summed E-state index contributed by atoms with van der Waals surface area (Å²) in [5, 5.41) is 12.4. The van der Waals surface area contributed by atoms with Gasteiger partial charge in [0.05, 0.1) is 5.39 Å². The van der Waals surface area contributed by atoms with Gasteiger partial charge in [-0.15, -0.1) is 0 Å². The summed E-state index contributed by atoms with van der Waals surface area (Å²) >= 11 is 0. The first-order chi connectivity index (χ1) is 13.6. The van der Waals surface area contributed by atoms with E-state index in [9.17, 15) is 19.5 Å². The highest BCUT2D eigenvalue weighted by atomic mass is 16.4. The molecule has 6 heteroatoms. The molecule has 2 N–H and O–H groups in total. The fraction of sp³-hybridized carbons (Fsp3) is 0.261. The third-order valence-corrected chi connectivity index (χ3v) is 5.16. The Morgan fingerprint density at radius 3 is 2.34 bits per heavy atom. The Labute approximate surface area is 168 Å². The quantitative estimate of drug-likeness (QED) is 0.681. The predicted octanol–water partition coefficient (Wildman–Crippen LogP) is 4.06. The van der Waals surface area contributed by atoms with E-state index in [1.165, 1.54) is 13.0 Å². The number of aliphatic carboxylic acids is 1. The molecule has 0 aliphatic heterocycles. The fourth-order valence-electron chi connectivity index (χ4n) is 3.15. The lowest BCUT2D eigenvalue weighted by Gasteiger charge is -2.24. The lowest BCUT2D eigenvalue weighted by atomic mass is 9.98. The second-order valence-electron chi connectivity index (χ2n) is 7.46. The SMILES string of the molecule is CCC(C)(NC(=O)c1ccc(-c2cc(=O)c3cc(C)cc(C)c3o2)cc1)C(=O)O. The van der Waals surface area contributed by atoms with E-state index in [-0.39, 0.29) is 11.8 Å². The van der Waals surface area contributed by atoms with Crippen molar-refractivity contribution in [1.82, 2.24) is 5.32 Å². The van der Waals surface area contributed by atoms with Gasteiger partial charge in [-0.25, -0.2) is 4.79 Å². The number of aryl methyl sites for hydroxylation is 2. The zero-order valence-electron chi connectivity index (χ0n) is 16.8. The van der Waals surface area contributed by atoms with Gasteiger partial charge in [-0.3, -0.25) is 9.59 Å². The van der Waals surface area contributed by atoms with Crippen molar-refractivity contribution in [3.05, 3.63) is 69.4 Å². The van der Waals surface area contributed by atoms with Gasteiger partial charge in [-0.2, -0.15) is 0 Å². The number of benzene rings is 2. The molecule has 0 aliphatic rings. The molecular formula is C23H23NO5. The van der Waals surface area contributed by atoms with Crippen LogP contribution in [0.1, 0.15) is 41.8 Å². The third-order valence-electron chi connectivity index (χ3n) is 5.16. The Bertz CT molecular complexity index is 1160. The average molecular weight is 393 g/mol. The summed E-state index contributed by atoms with van der Waals surface area (Å²) in [5.74, 6) is -1.16. The molecule has 1 amide bonds. The van der Waals surface area contributed by atoms with Crippen molar-refractivity contribution >= 4 is 22.8 Å². The monoisotopic (exact) mass is 393 g/mol. The number of carboxylic acids is 1. The highest BCUT2D eigenvalue weighted by Gasteiger charge is 2.33. The molecule has 3 rings (SSSR count). The number of carbonyl (C=O) groups excluding carboxylic acids is 1. The van der Waals surface area contributed by atoms with Gasteiger partial charge in [0.1, 0.15) is 16.9 Å². The smallest absolute Gasteiger partial charge is 0.329 e. The van der Waals surface area contributed by atoms with Crippen molar-refractivity contribution in [3.63, 3.8) is 0 Å². The summed E-state index contributed by atoms with van der Waals surface area (Å²) in [4.78, 5) is 36.3. The molecule has 0 bridgehead atoms. The van der Waals surface area contributed by atoms with Crippen molar-refractivity contribution in [2.45, 2.75) is 39.7 Å². The summed E-state index contributed by atoms with van der Waals surface area (Å²) < 4.78 is 5.97. The first kappa shape index (κ1) is 20.3. The molecule has 6 nitrogen and oxygen atoms in total. The third kappa shape index (κ3) is 3.92. The van der Waals surface area contributed by atoms with Crippen molar-refractivity contribution in [1.29, 1.82) is 0 Å². The van der Waals surface area contributed by atoms with Crippen LogP contribution in [0.4, 0.5) is 0 Å². The number of hydrogen-bond acceptors (Lipinski definition) is 4. The van der Waals surface area contributed by atoms with Crippen LogP contribution in [-0.2, 0) is 4.79 Å². The minimum atomic E-state index is -1.34. The zero-order chi connectivity index (χ0) is 21.3. The van der Waals surface area contributed by atoms with E-state index in [0.717, 1.165) is 11.1 Å². The summed E-state index contributed by atoms with van der Waals surface area (Å²) in [6, 6.07) is 11.7. The Balaban J connectivity index is 1.94. The lowest BCUT2D eigenvalue weighted by Crippen LogP contribution is -2.51. The normalized spacial score (nSPS) is 13.1. The minimum absolute atomic E-state index is 0.130. The van der Waals surface area contributed by atoms with Crippen LogP contribution in [0.25, 0.3) is 22.3 Å². The Morgan fingerprint density at radius 2 is 1.76 bits per heavy atom. The summed E-state index contributed by atoms with van der Waals surface area (Å²) in [7, 11) is 0. The van der Waals surface area contributed by atoms with Gasteiger partial charge in [0, 0.05) is 17.2 Å². The van der Waals surface area contributed by atoms with E-state index in [1.54, 1.807) is 37.3 Å². The van der Waals surface area contributed by atoms with Crippen molar-refractivity contribution in [2.75, 3.05) is 0 Å². The van der Waals surface area contributed by atoms with Gasteiger partial charge >= 0.3 is 5.97 Å². The molecule has 150 valence electrons. The number of amides is 1. The van der Waals surface area contributed by atoms with Crippen LogP contribution >= 0.6 is 0 Å². The molecule has 1 heterocycles. The number of rotatable bonds is 5. The molecule has 1 atom stereocenters. The van der Waals surface area contributed by atoms with Crippen LogP contribution in [0.5, 0.6) is 0 Å². The highest BCUT2D eigenvalue weighted by Crippen LogP contribution is 2.25. The summed E-state index contributed by atoms with van der Waals surface area (Å²) in [5.41, 5.74) is 1.92. The number of carboxylic acid groups (broad SMARTS) is 1. The molecule has 0 spiro atoms. The van der Waals surface area contributed by atoms with E-state index in [2.05, 4.69) is 5.32 Å². The molecule has 0 saturated heterocycles. The fourth-order valence-corrected chi connectivity index (χ4v) is 3.15. The number of carbonyl (C=O) groups is 2. The van der Waals surface area contributed by atoms with Crippen LogP contribution < -0.4 is 10.7 Å². The first-order valence-electron chi connectivity index (χ1n) is 9.36. The molecular weight excluding hydrogens is 370 g/mol. The summed E-state index contributed by atoms with van der Waals surface area (Å²) in [6.45, 7) is 6.98. The molecule has 29 heavy (non-hydrogen) atoms. The van der Waals surface area contributed by atoms with Crippen molar-refractivity contribution in [2.24, 2.45) is 0 Å². The van der Waals surface area contributed by atoms with Crippen LogP contribution in [0, 0.1) is 13.8 Å². The second-order valence-corrected chi connectivity index (χ2v) is 7.46. The second kappa shape index (κ2) is 7.54. The number of nitrogens with one attached hydrogen (secondary N) is 1. The zero-order valence-corrected chi connectivity index (χ0v) is 16.8. The average Bonchev–Trinajstić information content (AvgIpc) is 2.68. The predicted molar refractivity (Wildman–Crippen MR) is 111 cm³/mol. The van der Waals surface area contributed by atoms with E-state index in [0.29, 0.717) is 27.9 Å². The Morgan fingerprint density at radius 1 is 1.10 bits per heavy atom. The molecule has 0 fully saturated rings. The van der Waals surface area contributed by atoms with Crippen LogP contribution in [-0.4, -0.2) is 22.5 Å². The maximum atomic E-state index is 12.5. The van der Waals surface area contributed by atoms with Crippen molar-refractivity contribution < 1.29 is 19.1 Å². The van der Waals surface area contributed by atoms with Gasteiger partial charge in [0.2, 0.25) is 0 Å². The van der Waals surface area contributed by atoms with Crippen LogP contribution in [0.15, 0.2) is 51.7 Å². The molecule has 3 aromatic rings. The van der Waals surface area contributed by atoms with E-state index < -0.39 is 17.4 Å². The Hall–Kier alpha value is -3.41. The first-order valence-corrected chi connectivity index (χ1v) is 9.36. The number of hydrogen-bond donors (Lipinski definition) is 2. The van der Waals surface area contributed by atoms with Gasteiger partial charge in [0.25, 0.3) is 5.91 Å². The van der Waals surface area contributed by atoms with Gasteiger partial charge in [-0.1, -0.05) is 25.1 Å². The van der Waals surface area contributed by atoms with Gasteiger partial charge in [-0.05, 0) is 56.5 Å². The standard InChI is InChI=1S/C23H23NO5/c1-5-23(4,22(27)28)24-21(26)16-8-6-15(7-9-16)19-12-18(25)17-11-13(2)10-14(3)20(17)29-19/h6-12H,5H2,1-4H3,(H,24,26)(H,27,28). The van der Waals surface area contributed by atoms with Crippen molar-refractivity contribution in [3.8, 4) is 11.3 Å².